The van der Waals surface area contributed by atoms with E-state index in [1.165, 1.54) is 0 Å². The van der Waals surface area contributed by atoms with Crippen molar-refractivity contribution in [3.63, 3.8) is 0 Å². The number of hydrogen-bond acceptors (Lipinski definition) is 7. The van der Waals surface area contributed by atoms with Gasteiger partial charge in [-0.2, -0.15) is 4.98 Å². The second-order valence-electron chi connectivity index (χ2n) is 5.34. The van der Waals surface area contributed by atoms with Crippen LogP contribution in [-0.4, -0.2) is 49.1 Å². The summed E-state index contributed by atoms with van der Waals surface area (Å²) < 4.78 is 20.8. The number of aliphatic hydroxyl groups is 2. The number of nitrogens with one attached hydrogen (secondary N) is 1. The van der Waals surface area contributed by atoms with E-state index in [0.717, 1.165) is 10.8 Å². The second-order valence-corrected chi connectivity index (χ2v) is 5.53. The minimum absolute atomic E-state index is 0.143. The first-order valence-corrected chi connectivity index (χ1v) is 7.13. The Morgan fingerprint density at radius 1 is 1.62 bits per heavy atom. The van der Waals surface area contributed by atoms with Gasteiger partial charge in [0.25, 0.3) is 5.56 Å². The second kappa shape index (κ2) is 5.73. The zero-order valence-corrected chi connectivity index (χ0v) is 12.8. The first kappa shape index (κ1) is 16.7. The number of anilines is 1. The molecule has 7 N–H and O–H groups in total. The fourth-order valence-corrected chi connectivity index (χ4v) is 2.93. The van der Waals surface area contributed by atoms with E-state index in [2.05, 4.69) is 21.3 Å². The maximum absolute atomic E-state index is 14.2. The molecule has 0 amide bonds. The van der Waals surface area contributed by atoms with Gasteiger partial charge in [0, 0.05) is 11.6 Å². The van der Waals surface area contributed by atoms with E-state index in [1.54, 1.807) is 0 Å². The summed E-state index contributed by atoms with van der Waals surface area (Å²) in [5.74, 6) is 1.28. The summed E-state index contributed by atoms with van der Waals surface area (Å²) in [7, 11) is 0. The van der Waals surface area contributed by atoms with Crippen molar-refractivity contribution >= 4 is 28.6 Å². The molecule has 0 spiro atoms. The van der Waals surface area contributed by atoms with Gasteiger partial charge in [0.05, 0.1) is 6.61 Å². The van der Waals surface area contributed by atoms with E-state index in [-0.39, 0.29) is 17.0 Å². The lowest BCUT2D eigenvalue weighted by Gasteiger charge is -2.27. The van der Waals surface area contributed by atoms with E-state index in [1.807, 2.05) is 0 Å². The fourth-order valence-electron chi connectivity index (χ4n) is 2.77. The van der Waals surface area contributed by atoms with Crippen molar-refractivity contribution in [1.29, 1.82) is 0 Å². The molecule has 3 heterocycles. The Labute approximate surface area is 139 Å². The smallest absolute Gasteiger partial charge is 0.264 e. The molecule has 0 aliphatic carbocycles. The van der Waals surface area contributed by atoms with Gasteiger partial charge in [0.2, 0.25) is 5.95 Å². The molecule has 2 aromatic heterocycles. The lowest BCUT2D eigenvalue weighted by atomic mass is 9.92. The van der Waals surface area contributed by atoms with Gasteiger partial charge in [-0.05, 0) is 11.6 Å². The Hall–Kier alpha value is -2.16. The topological polar surface area (TPSA) is 152 Å². The molecule has 0 aromatic carbocycles. The predicted molar refractivity (Wildman–Crippen MR) is 82.3 cm³/mol. The van der Waals surface area contributed by atoms with Crippen molar-refractivity contribution in [3.8, 4) is 11.3 Å². The van der Waals surface area contributed by atoms with Crippen LogP contribution in [0.15, 0.2) is 11.0 Å². The fraction of sp³-hybridized carbons (Fsp3) is 0.385. The minimum Gasteiger partial charge on any atom is -0.394 e. The van der Waals surface area contributed by atoms with Gasteiger partial charge in [0.1, 0.15) is 17.6 Å². The Kier molecular flexibility index (Phi) is 3.98. The molecule has 1 aliphatic rings. The molecule has 0 radical (unpaired) electrons. The van der Waals surface area contributed by atoms with Crippen LogP contribution in [-0.2, 0) is 4.74 Å². The average Bonchev–Trinajstić information content (AvgIpc) is 2.96. The number of aromatic amines is 1. The number of aliphatic hydroxyl groups excluding tert-OH is 2. The minimum atomic E-state index is -1.77. The molecule has 0 bridgehead atoms. The summed E-state index contributed by atoms with van der Waals surface area (Å²) in [5, 5.41) is 21.3. The number of nitrogen functional groups attached to an aromatic ring is 1. The van der Waals surface area contributed by atoms with Crippen LogP contribution in [0.4, 0.5) is 10.3 Å². The maximum Gasteiger partial charge on any atom is 0.264 e. The van der Waals surface area contributed by atoms with Crippen molar-refractivity contribution in [3.05, 3.63) is 22.4 Å². The van der Waals surface area contributed by atoms with Crippen LogP contribution < -0.4 is 17.0 Å². The molecule has 3 rings (SSSR count). The summed E-state index contributed by atoms with van der Waals surface area (Å²) in [6.07, 6.45) is -2.84. The summed E-state index contributed by atoms with van der Waals surface area (Å²) in [4.78, 5) is 17.9. The van der Waals surface area contributed by atoms with Gasteiger partial charge in [-0.3, -0.25) is 14.3 Å². The van der Waals surface area contributed by atoms with Crippen molar-refractivity contribution in [2.24, 2.45) is 5.73 Å². The summed E-state index contributed by atoms with van der Waals surface area (Å²) in [5.41, 5.74) is 8.90. The van der Waals surface area contributed by atoms with Crippen LogP contribution in [0, 0.1) is 17.1 Å². The predicted octanol–water partition coefficient (Wildman–Crippen LogP) is -1.41. The quantitative estimate of drug-likeness (QED) is 0.414. The van der Waals surface area contributed by atoms with Gasteiger partial charge >= 0.3 is 0 Å². The number of halogens is 2. The highest BCUT2D eigenvalue weighted by atomic mass is 35.5. The largest absolute Gasteiger partial charge is 0.394 e. The molecular formula is C13H13ClFN5O4. The molecule has 4 atom stereocenters. The molecule has 2 aromatic rings. The van der Waals surface area contributed by atoms with Crippen LogP contribution in [0.3, 0.4) is 0 Å². The number of nitrogens with zero attached hydrogens (tertiary/aromatic N) is 2. The lowest BCUT2D eigenvalue weighted by molar-refractivity contribution is -0.0446. The normalized spacial score (nSPS) is 29.6. The highest BCUT2D eigenvalue weighted by Crippen LogP contribution is 2.38. The Morgan fingerprint density at radius 3 is 2.96 bits per heavy atom. The third kappa shape index (κ3) is 2.26. The number of ether oxygens (including phenoxy) is 1. The number of H-pyrrole nitrogens is 1. The molecule has 1 aliphatic heterocycles. The number of aromatic nitrogens is 3. The Morgan fingerprint density at radius 2 is 2.33 bits per heavy atom. The Balaban J connectivity index is 2.26. The van der Waals surface area contributed by atoms with Gasteiger partial charge in [-0.15, -0.1) is 0 Å². The number of rotatable bonds is 2. The van der Waals surface area contributed by atoms with E-state index < -0.39 is 42.0 Å². The van der Waals surface area contributed by atoms with Crippen LogP contribution in [0.1, 0.15) is 6.23 Å². The monoisotopic (exact) mass is 357 g/mol. The first-order valence-electron chi connectivity index (χ1n) is 6.75. The van der Waals surface area contributed by atoms with E-state index >= 15 is 0 Å². The van der Waals surface area contributed by atoms with Gasteiger partial charge < -0.3 is 26.4 Å². The highest BCUT2D eigenvalue weighted by Gasteiger charge is 2.54. The third-order valence-corrected chi connectivity index (χ3v) is 4.00. The number of nitrogens with two attached hydrogens (primary N) is 2. The lowest BCUT2D eigenvalue weighted by Crippen LogP contribution is -2.53. The van der Waals surface area contributed by atoms with Crippen molar-refractivity contribution in [2.75, 3.05) is 12.3 Å². The summed E-state index contributed by atoms with van der Waals surface area (Å²) >= 11 is 5.41. The van der Waals surface area contributed by atoms with Crippen LogP contribution in [0.5, 0.6) is 0 Å². The first-order chi connectivity index (χ1) is 11.3. The van der Waals surface area contributed by atoms with Crippen LogP contribution in [0.2, 0.25) is 0 Å². The molecular weight excluding hydrogens is 345 g/mol. The van der Waals surface area contributed by atoms with E-state index in [4.69, 9.17) is 27.8 Å². The molecule has 1 unspecified atom stereocenters. The molecule has 1 saturated heterocycles. The standard InChI is InChI=1S/C13H13ClFN5O4/c14-2-1-13(17)8(22)6(4-21)24-11(13)20-3-5(15)7-9(20)18-12(16)19-10(7)23/h3,6,8,11,21-22H,4,17H2,(H3,16,18,19,23)/t6-,8?,11-,13-/m1/s1. The molecule has 0 saturated carbocycles. The molecule has 24 heavy (non-hydrogen) atoms. The van der Waals surface area contributed by atoms with Crippen LogP contribution in [0.25, 0.3) is 11.0 Å². The number of hydrogen-bond donors (Lipinski definition) is 5. The molecule has 11 heteroatoms. The van der Waals surface area contributed by atoms with Gasteiger partial charge in [-0.1, -0.05) is 5.92 Å². The summed E-state index contributed by atoms with van der Waals surface area (Å²) in [6.45, 7) is -0.557. The van der Waals surface area contributed by atoms with Crippen LogP contribution >= 0.6 is 11.6 Å². The molecule has 128 valence electrons. The summed E-state index contributed by atoms with van der Waals surface area (Å²) in [6, 6.07) is 0. The molecule has 1 fully saturated rings. The highest BCUT2D eigenvalue weighted by molar-refractivity contribution is 6.30. The van der Waals surface area contributed by atoms with Gasteiger partial charge in [-0.25, -0.2) is 4.39 Å². The number of fused-ring (bicyclic) bond motifs is 1. The maximum atomic E-state index is 14.2. The average molecular weight is 358 g/mol. The Bertz CT molecular complexity index is 919. The van der Waals surface area contributed by atoms with Crippen molar-refractivity contribution in [2.45, 2.75) is 24.0 Å². The van der Waals surface area contributed by atoms with Gasteiger partial charge in [0.15, 0.2) is 23.2 Å². The molecule has 9 nitrogen and oxygen atoms in total. The van der Waals surface area contributed by atoms with Crippen molar-refractivity contribution < 1.29 is 19.3 Å². The third-order valence-electron chi connectivity index (χ3n) is 3.90. The zero-order valence-electron chi connectivity index (χ0n) is 12.0. The van der Waals surface area contributed by atoms with Crippen molar-refractivity contribution in [1.82, 2.24) is 14.5 Å². The van der Waals surface area contributed by atoms with E-state index in [9.17, 15) is 19.4 Å². The zero-order chi connectivity index (χ0) is 17.6. The van der Waals surface area contributed by atoms with E-state index in [0.29, 0.717) is 0 Å². The SMILES string of the molecule is Nc1nc2c(c(F)cn2[C@@H]2O[C@H](CO)C(O)[C@]2(N)C#CCl)c(=O)[nH]1.